The number of carbonyl (C=O) groups is 1. The zero-order chi connectivity index (χ0) is 14.9. The number of halogens is 1. The van der Waals surface area contributed by atoms with Crippen molar-refractivity contribution in [2.24, 2.45) is 11.8 Å². The molecule has 3 unspecified atom stereocenters. The maximum atomic E-state index is 12.8. The number of amides is 1. The highest BCUT2D eigenvalue weighted by Gasteiger charge is 2.44. The third-order valence-corrected chi connectivity index (χ3v) is 4.29. The van der Waals surface area contributed by atoms with Crippen molar-refractivity contribution >= 4 is 5.91 Å². The molecule has 0 heterocycles. The SMILES string of the molecule is CC(C)C(C)(O)CNC(=O)C1CC1c1ccc(F)cc1. The van der Waals surface area contributed by atoms with Gasteiger partial charge in [0.2, 0.25) is 5.91 Å². The fraction of sp³-hybridized carbons (Fsp3) is 0.562. The van der Waals surface area contributed by atoms with Crippen molar-refractivity contribution in [3.63, 3.8) is 0 Å². The van der Waals surface area contributed by atoms with E-state index in [0.29, 0.717) is 0 Å². The Hall–Kier alpha value is -1.42. The van der Waals surface area contributed by atoms with Gasteiger partial charge in [0.1, 0.15) is 5.82 Å². The van der Waals surface area contributed by atoms with Crippen LogP contribution < -0.4 is 5.32 Å². The predicted molar refractivity (Wildman–Crippen MR) is 75.7 cm³/mol. The molecular formula is C16H22FNO2. The van der Waals surface area contributed by atoms with Crippen molar-refractivity contribution in [3.8, 4) is 0 Å². The first-order chi connectivity index (χ1) is 9.31. The van der Waals surface area contributed by atoms with E-state index >= 15 is 0 Å². The lowest BCUT2D eigenvalue weighted by atomic mass is 9.92. The van der Waals surface area contributed by atoms with Crippen LogP contribution in [0.1, 0.15) is 38.7 Å². The van der Waals surface area contributed by atoms with Crippen LogP contribution in [0.15, 0.2) is 24.3 Å². The fourth-order valence-corrected chi connectivity index (χ4v) is 2.16. The van der Waals surface area contributed by atoms with Gasteiger partial charge in [-0.25, -0.2) is 4.39 Å². The molecule has 0 radical (unpaired) electrons. The average Bonchev–Trinajstić information content (AvgIpc) is 3.17. The Balaban J connectivity index is 1.86. The smallest absolute Gasteiger partial charge is 0.223 e. The van der Waals surface area contributed by atoms with Crippen molar-refractivity contribution in [2.75, 3.05) is 6.54 Å². The number of hydrogen-bond acceptors (Lipinski definition) is 2. The number of nitrogens with one attached hydrogen (secondary N) is 1. The Bertz CT molecular complexity index is 482. The molecule has 1 aliphatic carbocycles. The highest BCUT2D eigenvalue weighted by molar-refractivity contribution is 5.82. The predicted octanol–water partition coefficient (Wildman–Crippen LogP) is 2.45. The Morgan fingerprint density at radius 3 is 2.60 bits per heavy atom. The van der Waals surface area contributed by atoms with E-state index in [4.69, 9.17) is 0 Å². The minimum atomic E-state index is -0.893. The molecule has 2 N–H and O–H groups in total. The zero-order valence-electron chi connectivity index (χ0n) is 12.2. The van der Waals surface area contributed by atoms with E-state index in [1.54, 1.807) is 19.1 Å². The molecule has 1 saturated carbocycles. The molecule has 3 atom stereocenters. The van der Waals surface area contributed by atoms with Gasteiger partial charge < -0.3 is 10.4 Å². The Labute approximate surface area is 119 Å². The molecule has 1 fully saturated rings. The van der Waals surface area contributed by atoms with Crippen LogP contribution in [0.25, 0.3) is 0 Å². The summed E-state index contributed by atoms with van der Waals surface area (Å²) in [6.07, 6.45) is 0.793. The fourth-order valence-electron chi connectivity index (χ4n) is 2.16. The van der Waals surface area contributed by atoms with Crippen molar-refractivity contribution in [1.82, 2.24) is 5.32 Å². The molecule has 0 aliphatic heterocycles. The van der Waals surface area contributed by atoms with Gasteiger partial charge in [-0.05, 0) is 42.9 Å². The number of aliphatic hydroxyl groups is 1. The van der Waals surface area contributed by atoms with Crippen molar-refractivity contribution in [2.45, 2.75) is 38.7 Å². The van der Waals surface area contributed by atoms with E-state index in [9.17, 15) is 14.3 Å². The molecule has 0 saturated heterocycles. The molecule has 0 aromatic heterocycles. The zero-order valence-corrected chi connectivity index (χ0v) is 12.2. The number of benzene rings is 1. The Morgan fingerprint density at radius 2 is 2.05 bits per heavy atom. The lowest BCUT2D eigenvalue weighted by molar-refractivity contribution is -0.124. The third-order valence-electron chi connectivity index (χ3n) is 4.29. The van der Waals surface area contributed by atoms with Gasteiger partial charge in [0.25, 0.3) is 0 Å². The summed E-state index contributed by atoms with van der Waals surface area (Å²) in [5.41, 5.74) is 0.109. The summed E-state index contributed by atoms with van der Waals surface area (Å²) in [5.74, 6) is -0.0819. The summed E-state index contributed by atoms with van der Waals surface area (Å²) in [6.45, 7) is 5.83. The minimum absolute atomic E-state index is 0.0275. The van der Waals surface area contributed by atoms with E-state index in [1.807, 2.05) is 13.8 Å². The maximum Gasteiger partial charge on any atom is 0.223 e. The van der Waals surface area contributed by atoms with E-state index < -0.39 is 5.60 Å². The van der Waals surface area contributed by atoms with Crippen LogP contribution in [-0.2, 0) is 4.79 Å². The second-order valence-corrected chi connectivity index (χ2v) is 6.23. The van der Waals surface area contributed by atoms with Gasteiger partial charge in [-0.3, -0.25) is 4.79 Å². The topological polar surface area (TPSA) is 49.3 Å². The molecule has 1 aliphatic rings. The first-order valence-electron chi connectivity index (χ1n) is 7.07. The molecule has 110 valence electrons. The first kappa shape index (κ1) is 15.0. The minimum Gasteiger partial charge on any atom is -0.388 e. The number of carbonyl (C=O) groups excluding carboxylic acids is 1. The first-order valence-corrected chi connectivity index (χ1v) is 7.07. The van der Waals surface area contributed by atoms with Gasteiger partial charge in [-0.15, -0.1) is 0 Å². The summed E-state index contributed by atoms with van der Waals surface area (Å²) < 4.78 is 12.8. The molecule has 0 spiro atoms. The summed E-state index contributed by atoms with van der Waals surface area (Å²) in [6, 6.07) is 6.31. The third kappa shape index (κ3) is 3.37. The standard InChI is InChI=1S/C16H22FNO2/c1-10(2)16(3,20)9-18-15(19)14-8-13(14)11-4-6-12(17)7-5-11/h4-7,10,13-14,20H,8-9H2,1-3H3,(H,18,19). The second-order valence-electron chi connectivity index (χ2n) is 6.23. The summed E-state index contributed by atoms with van der Waals surface area (Å²) in [4.78, 5) is 12.0. The largest absolute Gasteiger partial charge is 0.388 e. The quantitative estimate of drug-likeness (QED) is 0.870. The summed E-state index contributed by atoms with van der Waals surface area (Å²) in [5, 5.41) is 12.9. The number of rotatable bonds is 5. The Morgan fingerprint density at radius 1 is 1.45 bits per heavy atom. The van der Waals surface area contributed by atoms with Crippen LogP contribution in [0.3, 0.4) is 0 Å². The van der Waals surface area contributed by atoms with Crippen LogP contribution in [-0.4, -0.2) is 23.2 Å². The van der Waals surface area contributed by atoms with Gasteiger partial charge in [0.15, 0.2) is 0 Å². The van der Waals surface area contributed by atoms with E-state index in [1.165, 1.54) is 12.1 Å². The molecular weight excluding hydrogens is 257 g/mol. The highest BCUT2D eigenvalue weighted by Crippen LogP contribution is 2.47. The van der Waals surface area contributed by atoms with Gasteiger partial charge in [-0.2, -0.15) is 0 Å². The summed E-state index contributed by atoms with van der Waals surface area (Å²) >= 11 is 0. The molecule has 20 heavy (non-hydrogen) atoms. The molecule has 2 rings (SSSR count). The van der Waals surface area contributed by atoms with Crippen LogP contribution >= 0.6 is 0 Å². The van der Waals surface area contributed by atoms with Crippen molar-refractivity contribution in [1.29, 1.82) is 0 Å². The van der Waals surface area contributed by atoms with Gasteiger partial charge in [-0.1, -0.05) is 26.0 Å². The lowest BCUT2D eigenvalue weighted by Crippen LogP contribution is -2.44. The van der Waals surface area contributed by atoms with Crippen LogP contribution in [0.5, 0.6) is 0 Å². The molecule has 0 bridgehead atoms. The molecule has 3 nitrogen and oxygen atoms in total. The normalized spacial score (nSPS) is 24.3. The number of hydrogen-bond donors (Lipinski definition) is 2. The van der Waals surface area contributed by atoms with Gasteiger partial charge in [0.05, 0.1) is 5.60 Å². The summed E-state index contributed by atoms with van der Waals surface area (Å²) in [7, 11) is 0. The Kier molecular flexibility index (Phi) is 4.14. The molecule has 1 aromatic carbocycles. The van der Waals surface area contributed by atoms with Crippen LogP contribution in [0.4, 0.5) is 4.39 Å². The maximum absolute atomic E-state index is 12.8. The lowest BCUT2D eigenvalue weighted by Gasteiger charge is -2.27. The van der Waals surface area contributed by atoms with E-state index in [0.717, 1.165) is 12.0 Å². The monoisotopic (exact) mass is 279 g/mol. The average molecular weight is 279 g/mol. The van der Waals surface area contributed by atoms with Crippen LogP contribution in [0.2, 0.25) is 0 Å². The highest BCUT2D eigenvalue weighted by atomic mass is 19.1. The molecule has 1 aromatic rings. The van der Waals surface area contributed by atoms with Gasteiger partial charge >= 0.3 is 0 Å². The second kappa shape index (κ2) is 5.52. The van der Waals surface area contributed by atoms with Crippen molar-refractivity contribution in [3.05, 3.63) is 35.6 Å². The van der Waals surface area contributed by atoms with E-state index in [2.05, 4.69) is 5.32 Å². The van der Waals surface area contributed by atoms with Gasteiger partial charge in [0, 0.05) is 12.5 Å². The van der Waals surface area contributed by atoms with Crippen LogP contribution in [0, 0.1) is 17.7 Å². The molecule has 1 amide bonds. The van der Waals surface area contributed by atoms with Crippen molar-refractivity contribution < 1.29 is 14.3 Å². The van der Waals surface area contributed by atoms with E-state index in [-0.39, 0.29) is 36.0 Å². The molecule has 4 heteroatoms.